The van der Waals surface area contributed by atoms with Crippen molar-refractivity contribution in [2.75, 3.05) is 5.32 Å². The number of esters is 1. The first kappa shape index (κ1) is 19.8. The number of carbonyl (C=O) groups excluding carboxylic acids is 2. The maximum Gasteiger partial charge on any atom is 0.307 e. The molecule has 7 nitrogen and oxygen atoms in total. The van der Waals surface area contributed by atoms with Crippen LogP contribution in [0.5, 0.6) is 0 Å². The van der Waals surface area contributed by atoms with Crippen LogP contribution < -0.4 is 5.32 Å². The number of nitrogens with one attached hydrogen (secondary N) is 1. The SMILES string of the molecule is Cc1cccc(C)c1NC(=O)[C@@H](C)OC(=O)CCc1nc(-c2cccs2)no1. The number of aryl methyl sites for hydroxylation is 3. The number of carbonyl (C=O) groups is 2. The summed E-state index contributed by atoms with van der Waals surface area (Å²) < 4.78 is 10.4. The van der Waals surface area contributed by atoms with Crippen molar-refractivity contribution in [2.24, 2.45) is 0 Å². The fraction of sp³-hybridized carbons (Fsp3) is 0.300. The zero-order valence-corrected chi connectivity index (χ0v) is 16.7. The van der Waals surface area contributed by atoms with Crippen LogP contribution in [0.3, 0.4) is 0 Å². The predicted octanol–water partition coefficient (Wildman–Crippen LogP) is 3.92. The molecule has 146 valence electrons. The van der Waals surface area contributed by atoms with Crippen molar-refractivity contribution >= 4 is 28.9 Å². The third-order valence-electron chi connectivity index (χ3n) is 4.16. The van der Waals surface area contributed by atoms with Crippen LogP contribution in [0.2, 0.25) is 0 Å². The molecule has 0 unspecified atom stereocenters. The molecule has 2 aromatic heterocycles. The molecule has 1 amide bonds. The van der Waals surface area contributed by atoms with Crippen molar-refractivity contribution in [1.29, 1.82) is 0 Å². The molecule has 0 spiro atoms. The Morgan fingerprint density at radius 3 is 2.64 bits per heavy atom. The second kappa shape index (κ2) is 8.79. The van der Waals surface area contributed by atoms with Crippen molar-refractivity contribution in [2.45, 2.75) is 39.7 Å². The van der Waals surface area contributed by atoms with Gasteiger partial charge in [-0.15, -0.1) is 11.3 Å². The van der Waals surface area contributed by atoms with Gasteiger partial charge in [-0.1, -0.05) is 29.4 Å². The number of hydrogen-bond acceptors (Lipinski definition) is 7. The smallest absolute Gasteiger partial charge is 0.307 e. The van der Waals surface area contributed by atoms with Crippen LogP contribution in [0.15, 0.2) is 40.2 Å². The lowest BCUT2D eigenvalue weighted by Gasteiger charge is -2.16. The van der Waals surface area contributed by atoms with E-state index in [2.05, 4.69) is 15.5 Å². The van der Waals surface area contributed by atoms with Crippen molar-refractivity contribution in [3.8, 4) is 10.7 Å². The topological polar surface area (TPSA) is 94.3 Å². The van der Waals surface area contributed by atoms with E-state index in [1.165, 1.54) is 11.3 Å². The van der Waals surface area contributed by atoms with Gasteiger partial charge in [0.2, 0.25) is 11.7 Å². The molecule has 0 aliphatic heterocycles. The van der Waals surface area contributed by atoms with E-state index in [1.54, 1.807) is 6.92 Å². The molecular formula is C20H21N3O4S. The number of nitrogens with zero attached hydrogens (tertiary/aromatic N) is 2. The number of benzene rings is 1. The maximum absolute atomic E-state index is 12.3. The van der Waals surface area contributed by atoms with Gasteiger partial charge in [-0.3, -0.25) is 9.59 Å². The Morgan fingerprint density at radius 1 is 1.21 bits per heavy atom. The second-order valence-corrected chi connectivity index (χ2v) is 7.32. The highest BCUT2D eigenvalue weighted by atomic mass is 32.1. The van der Waals surface area contributed by atoms with Crippen molar-refractivity contribution in [3.63, 3.8) is 0 Å². The molecule has 0 aliphatic carbocycles. The zero-order chi connectivity index (χ0) is 20.1. The maximum atomic E-state index is 12.3. The molecule has 0 saturated heterocycles. The fourth-order valence-corrected chi connectivity index (χ4v) is 3.27. The van der Waals surface area contributed by atoms with Gasteiger partial charge >= 0.3 is 5.97 Å². The summed E-state index contributed by atoms with van der Waals surface area (Å²) in [7, 11) is 0. The number of amides is 1. The molecule has 1 N–H and O–H groups in total. The fourth-order valence-electron chi connectivity index (χ4n) is 2.62. The van der Waals surface area contributed by atoms with Crippen molar-refractivity contribution in [3.05, 3.63) is 52.7 Å². The quantitative estimate of drug-likeness (QED) is 0.605. The molecule has 0 saturated carbocycles. The number of rotatable bonds is 7. The van der Waals surface area contributed by atoms with Gasteiger partial charge in [-0.2, -0.15) is 4.98 Å². The lowest BCUT2D eigenvalue weighted by Crippen LogP contribution is -2.30. The highest BCUT2D eigenvalue weighted by Crippen LogP contribution is 2.22. The van der Waals surface area contributed by atoms with Gasteiger partial charge in [0.25, 0.3) is 5.91 Å². The highest BCUT2D eigenvalue weighted by Gasteiger charge is 2.20. The Kier molecular flexibility index (Phi) is 6.20. The summed E-state index contributed by atoms with van der Waals surface area (Å²) in [6.07, 6.45) is -0.605. The lowest BCUT2D eigenvalue weighted by atomic mass is 10.1. The summed E-state index contributed by atoms with van der Waals surface area (Å²) in [6.45, 7) is 5.37. The van der Waals surface area contributed by atoms with Crippen LogP contribution in [0.1, 0.15) is 30.4 Å². The number of para-hydroxylation sites is 1. The number of hydrogen-bond donors (Lipinski definition) is 1. The minimum Gasteiger partial charge on any atom is -0.453 e. The lowest BCUT2D eigenvalue weighted by molar-refractivity contribution is -0.153. The first-order valence-corrected chi connectivity index (χ1v) is 9.75. The van der Waals surface area contributed by atoms with Gasteiger partial charge < -0.3 is 14.6 Å². The van der Waals surface area contributed by atoms with Crippen LogP contribution in [0, 0.1) is 13.8 Å². The van der Waals surface area contributed by atoms with Crippen LogP contribution in [-0.4, -0.2) is 28.1 Å². The van der Waals surface area contributed by atoms with E-state index in [9.17, 15) is 9.59 Å². The molecule has 28 heavy (non-hydrogen) atoms. The summed E-state index contributed by atoms with van der Waals surface area (Å²) in [5.74, 6) is -0.0174. The second-order valence-electron chi connectivity index (χ2n) is 6.38. The average molecular weight is 399 g/mol. The molecule has 0 radical (unpaired) electrons. The molecule has 3 rings (SSSR count). The van der Waals surface area contributed by atoms with Crippen molar-refractivity contribution in [1.82, 2.24) is 10.1 Å². The van der Waals surface area contributed by atoms with E-state index >= 15 is 0 Å². The Hall–Kier alpha value is -3.00. The van der Waals surface area contributed by atoms with E-state index in [0.717, 1.165) is 21.7 Å². The molecule has 0 fully saturated rings. The summed E-state index contributed by atoms with van der Waals surface area (Å²) in [6, 6.07) is 9.54. The number of anilines is 1. The van der Waals surface area contributed by atoms with Crippen LogP contribution in [0.25, 0.3) is 10.7 Å². The van der Waals surface area contributed by atoms with E-state index in [0.29, 0.717) is 11.7 Å². The molecule has 8 heteroatoms. The normalized spacial score (nSPS) is 11.8. The summed E-state index contributed by atoms with van der Waals surface area (Å²) in [4.78, 5) is 29.6. The van der Waals surface area contributed by atoms with Gasteiger partial charge in [0.1, 0.15) is 0 Å². The number of thiophene rings is 1. The number of aromatic nitrogens is 2. The molecule has 0 aliphatic rings. The van der Waals surface area contributed by atoms with Crippen LogP contribution >= 0.6 is 11.3 Å². The van der Waals surface area contributed by atoms with E-state index in [-0.39, 0.29) is 18.7 Å². The monoisotopic (exact) mass is 399 g/mol. The highest BCUT2D eigenvalue weighted by molar-refractivity contribution is 7.13. The Bertz CT molecular complexity index is 946. The molecule has 0 bridgehead atoms. The molecule has 3 aromatic rings. The van der Waals surface area contributed by atoms with E-state index in [1.807, 2.05) is 49.6 Å². The Balaban J connectivity index is 1.49. The molecule has 1 atom stereocenters. The predicted molar refractivity (Wildman–Crippen MR) is 106 cm³/mol. The van der Waals surface area contributed by atoms with Gasteiger partial charge in [0.15, 0.2) is 6.10 Å². The molecule has 1 aromatic carbocycles. The summed E-state index contributed by atoms with van der Waals surface area (Å²) in [5, 5.41) is 8.64. The zero-order valence-electron chi connectivity index (χ0n) is 15.9. The third-order valence-corrected chi connectivity index (χ3v) is 5.03. The molecular weight excluding hydrogens is 378 g/mol. The van der Waals surface area contributed by atoms with E-state index < -0.39 is 12.1 Å². The first-order chi connectivity index (χ1) is 13.4. The largest absolute Gasteiger partial charge is 0.453 e. The Morgan fingerprint density at radius 2 is 1.96 bits per heavy atom. The van der Waals surface area contributed by atoms with Gasteiger partial charge in [0.05, 0.1) is 11.3 Å². The average Bonchev–Trinajstić information content (AvgIpc) is 3.34. The summed E-state index contributed by atoms with van der Waals surface area (Å²) >= 11 is 1.51. The van der Waals surface area contributed by atoms with Gasteiger partial charge in [-0.25, -0.2) is 0 Å². The van der Waals surface area contributed by atoms with E-state index in [4.69, 9.17) is 9.26 Å². The Labute approximate surface area is 166 Å². The van der Waals surface area contributed by atoms with Crippen LogP contribution in [-0.2, 0) is 20.7 Å². The number of ether oxygens (including phenoxy) is 1. The van der Waals surface area contributed by atoms with Gasteiger partial charge in [-0.05, 0) is 43.3 Å². The minimum absolute atomic E-state index is 0.0487. The molecule has 2 heterocycles. The standard InChI is InChI=1S/C20H21N3O4S/c1-12-6-4-7-13(2)18(12)22-20(25)14(3)26-17(24)10-9-16-21-19(23-27-16)15-8-5-11-28-15/h4-8,11,14H,9-10H2,1-3H3,(H,22,25)/t14-/m1/s1. The van der Waals surface area contributed by atoms with Crippen molar-refractivity contribution < 1.29 is 18.8 Å². The minimum atomic E-state index is -0.907. The first-order valence-electron chi connectivity index (χ1n) is 8.87. The third kappa shape index (κ3) is 4.83. The van der Waals surface area contributed by atoms with Gasteiger partial charge in [0, 0.05) is 12.1 Å². The summed E-state index contributed by atoms with van der Waals surface area (Å²) in [5.41, 5.74) is 2.64. The van der Waals surface area contributed by atoms with Crippen LogP contribution in [0.4, 0.5) is 5.69 Å².